The topological polar surface area (TPSA) is 21.3 Å². The molecule has 2 heterocycles. The SMILES string of the molecule is CNC(c1ccc2c(c1)CC(C)(C)O2)c1cccs1. The van der Waals surface area contributed by atoms with Crippen molar-refractivity contribution in [2.45, 2.75) is 31.9 Å². The van der Waals surface area contributed by atoms with E-state index in [1.165, 1.54) is 16.0 Å². The number of hydrogen-bond acceptors (Lipinski definition) is 3. The molecule has 100 valence electrons. The molecule has 1 unspecified atom stereocenters. The smallest absolute Gasteiger partial charge is 0.123 e. The van der Waals surface area contributed by atoms with Crippen molar-refractivity contribution in [2.24, 2.45) is 0 Å². The van der Waals surface area contributed by atoms with Gasteiger partial charge in [0.2, 0.25) is 0 Å². The molecule has 0 saturated heterocycles. The van der Waals surface area contributed by atoms with E-state index in [1.807, 2.05) is 7.05 Å². The highest BCUT2D eigenvalue weighted by Crippen LogP contribution is 2.37. The van der Waals surface area contributed by atoms with E-state index in [4.69, 9.17) is 4.74 Å². The molecule has 0 amide bonds. The minimum absolute atomic E-state index is 0.0704. The van der Waals surface area contributed by atoms with Gasteiger partial charge >= 0.3 is 0 Å². The molecule has 1 aliphatic rings. The molecule has 3 rings (SSSR count). The van der Waals surface area contributed by atoms with Crippen LogP contribution in [0.15, 0.2) is 35.7 Å². The lowest BCUT2D eigenvalue weighted by Crippen LogP contribution is -2.24. The summed E-state index contributed by atoms with van der Waals surface area (Å²) in [5, 5.41) is 5.53. The Balaban J connectivity index is 1.95. The molecule has 0 bridgehead atoms. The summed E-state index contributed by atoms with van der Waals surface area (Å²) in [7, 11) is 2.01. The van der Waals surface area contributed by atoms with Crippen LogP contribution < -0.4 is 10.1 Å². The molecule has 0 saturated carbocycles. The maximum absolute atomic E-state index is 5.94. The maximum atomic E-state index is 5.94. The Labute approximate surface area is 118 Å². The molecule has 1 aromatic heterocycles. The highest BCUT2D eigenvalue weighted by molar-refractivity contribution is 7.10. The zero-order chi connectivity index (χ0) is 13.5. The second-order valence-corrected chi connectivity index (χ2v) is 6.62. The molecule has 1 atom stereocenters. The summed E-state index contributed by atoms with van der Waals surface area (Å²) >= 11 is 1.79. The highest BCUT2D eigenvalue weighted by Gasteiger charge is 2.30. The minimum atomic E-state index is -0.0704. The number of rotatable bonds is 3. The first-order valence-electron chi connectivity index (χ1n) is 6.61. The van der Waals surface area contributed by atoms with Crippen LogP contribution in [0.25, 0.3) is 0 Å². The Morgan fingerprint density at radius 2 is 2.16 bits per heavy atom. The van der Waals surface area contributed by atoms with Crippen molar-refractivity contribution in [3.8, 4) is 5.75 Å². The fourth-order valence-corrected chi connectivity index (χ4v) is 3.60. The molecule has 1 aromatic carbocycles. The lowest BCUT2D eigenvalue weighted by atomic mass is 9.97. The lowest BCUT2D eigenvalue weighted by Gasteiger charge is -2.16. The van der Waals surface area contributed by atoms with Crippen molar-refractivity contribution in [1.82, 2.24) is 5.32 Å². The summed E-state index contributed by atoms with van der Waals surface area (Å²) in [6.07, 6.45) is 0.983. The van der Waals surface area contributed by atoms with Crippen molar-refractivity contribution in [1.29, 1.82) is 0 Å². The van der Waals surface area contributed by atoms with Gasteiger partial charge in [-0.25, -0.2) is 0 Å². The molecule has 1 N–H and O–H groups in total. The monoisotopic (exact) mass is 273 g/mol. The Hall–Kier alpha value is -1.32. The van der Waals surface area contributed by atoms with E-state index in [9.17, 15) is 0 Å². The number of fused-ring (bicyclic) bond motifs is 1. The van der Waals surface area contributed by atoms with Gasteiger partial charge in [0.25, 0.3) is 0 Å². The summed E-state index contributed by atoms with van der Waals surface area (Å²) in [5.41, 5.74) is 2.56. The number of benzene rings is 1. The molecule has 3 heteroatoms. The van der Waals surface area contributed by atoms with Gasteiger partial charge in [-0.3, -0.25) is 0 Å². The van der Waals surface area contributed by atoms with E-state index in [-0.39, 0.29) is 11.6 Å². The molecule has 0 aliphatic carbocycles. The summed E-state index contributed by atoms with van der Waals surface area (Å²) in [6.45, 7) is 4.28. The van der Waals surface area contributed by atoms with Gasteiger partial charge in [0.15, 0.2) is 0 Å². The zero-order valence-corrected chi connectivity index (χ0v) is 12.4. The van der Waals surface area contributed by atoms with Gasteiger partial charge in [-0.2, -0.15) is 0 Å². The van der Waals surface area contributed by atoms with E-state index in [1.54, 1.807) is 11.3 Å². The zero-order valence-electron chi connectivity index (χ0n) is 11.6. The van der Waals surface area contributed by atoms with Gasteiger partial charge in [-0.1, -0.05) is 18.2 Å². The third-order valence-corrected chi connectivity index (χ3v) is 4.47. The Morgan fingerprint density at radius 3 is 2.84 bits per heavy atom. The van der Waals surface area contributed by atoms with Gasteiger partial charge in [0, 0.05) is 11.3 Å². The Kier molecular flexibility index (Phi) is 3.11. The minimum Gasteiger partial charge on any atom is -0.487 e. The van der Waals surface area contributed by atoms with Crippen molar-refractivity contribution in [3.63, 3.8) is 0 Å². The first kappa shape index (κ1) is 12.7. The van der Waals surface area contributed by atoms with Crippen molar-refractivity contribution in [2.75, 3.05) is 7.05 Å². The van der Waals surface area contributed by atoms with Crippen LogP contribution in [-0.2, 0) is 6.42 Å². The Bertz CT molecular complexity index is 574. The lowest BCUT2D eigenvalue weighted by molar-refractivity contribution is 0.138. The fraction of sp³-hybridized carbons (Fsp3) is 0.375. The van der Waals surface area contributed by atoms with Crippen LogP contribution in [0.4, 0.5) is 0 Å². The predicted octanol–water partition coefficient (Wildman–Crippen LogP) is 3.77. The van der Waals surface area contributed by atoms with Gasteiger partial charge < -0.3 is 10.1 Å². The van der Waals surface area contributed by atoms with Gasteiger partial charge in [0.1, 0.15) is 11.4 Å². The van der Waals surface area contributed by atoms with Crippen LogP contribution in [0.3, 0.4) is 0 Å². The number of hydrogen-bond donors (Lipinski definition) is 1. The van der Waals surface area contributed by atoms with Gasteiger partial charge in [-0.15, -0.1) is 11.3 Å². The number of thiophene rings is 1. The standard InChI is InChI=1S/C16H19NOS/c1-16(2)10-12-9-11(6-7-13(12)18-16)15(17-3)14-5-4-8-19-14/h4-9,15,17H,10H2,1-3H3. The first-order chi connectivity index (χ1) is 9.09. The first-order valence-corrected chi connectivity index (χ1v) is 7.49. The average Bonchev–Trinajstić information content (AvgIpc) is 2.95. The van der Waals surface area contributed by atoms with Crippen LogP contribution in [-0.4, -0.2) is 12.6 Å². The summed E-state index contributed by atoms with van der Waals surface area (Å²) in [4.78, 5) is 1.35. The molecular weight excluding hydrogens is 254 g/mol. The van der Waals surface area contributed by atoms with E-state index in [0.717, 1.165) is 12.2 Å². The van der Waals surface area contributed by atoms with E-state index in [0.29, 0.717) is 0 Å². The molecule has 0 fully saturated rings. The van der Waals surface area contributed by atoms with Crippen LogP contribution in [0, 0.1) is 0 Å². The van der Waals surface area contributed by atoms with Crippen LogP contribution >= 0.6 is 11.3 Å². The van der Waals surface area contributed by atoms with Crippen molar-refractivity contribution in [3.05, 3.63) is 51.7 Å². The second kappa shape index (κ2) is 4.66. The largest absolute Gasteiger partial charge is 0.487 e. The van der Waals surface area contributed by atoms with Gasteiger partial charge in [-0.05, 0) is 49.5 Å². The van der Waals surface area contributed by atoms with E-state index in [2.05, 4.69) is 54.9 Å². The quantitative estimate of drug-likeness (QED) is 0.919. The molecule has 0 spiro atoms. The molecule has 19 heavy (non-hydrogen) atoms. The summed E-state index contributed by atoms with van der Waals surface area (Å²) < 4.78 is 5.94. The predicted molar refractivity (Wildman–Crippen MR) is 80.1 cm³/mol. The molecule has 1 aliphatic heterocycles. The van der Waals surface area contributed by atoms with Crippen LogP contribution in [0.2, 0.25) is 0 Å². The van der Waals surface area contributed by atoms with Crippen LogP contribution in [0.1, 0.15) is 35.9 Å². The molecule has 0 radical (unpaired) electrons. The molecule has 2 aromatic rings. The highest BCUT2D eigenvalue weighted by atomic mass is 32.1. The third-order valence-electron chi connectivity index (χ3n) is 3.54. The fourth-order valence-electron chi connectivity index (χ4n) is 2.74. The summed E-state index contributed by atoms with van der Waals surface area (Å²) in [6, 6.07) is 11.1. The second-order valence-electron chi connectivity index (χ2n) is 5.64. The molecule has 2 nitrogen and oxygen atoms in total. The molecular formula is C16H19NOS. The Morgan fingerprint density at radius 1 is 1.32 bits per heavy atom. The maximum Gasteiger partial charge on any atom is 0.123 e. The van der Waals surface area contributed by atoms with E-state index >= 15 is 0 Å². The van der Waals surface area contributed by atoms with Crippen LogP contribution in [0.5, 0.6) is 5.75 Å². The van der Waals surface area contributed by atoms with Crippen molar-refractivity contribution < 1.29 is 4.74 Å². The summed E-state index contributed by atoms with van der Waals surface area (Å²) in [5.74, 6) is 1.04. The third kappa shape index (κ3) is 2.40. The average molecular weight is 273 g/mol. The number of ether oxygens (including phenoxy) is 1. The van der Waals surface area contributed by atoms with E-state index < -0.39 is 0 Å². The number of nitrogens with one attached hydrogen (secondary N) is 1. The van der Waals surface area contributed by atoms with Gasteiger partial charge in [0.05, 0.1) is 6.04 Å². The normalized spacial score (nSPS) is 17.8. The van der Waals surface area contributed by atoms with Crippen molar-refractivity contribution >= 4 is 11.3 Å².